The van der Waals surface area contributed by atoms with Crippen LogP contribution in [0.5, 0.6) is 0 Å². The Labute approximate surface area is 37.6 Å². The summed E-state index contributed by atoms with van der Waals surface area (Å²) in [5.74, 6) is 5.46. The van der Waals surface area contributed by atoms with Gasteiger partial charge in [0.05, 0.1) is 0 Å². The van der Waals surface area contributed by atoms with Gasteiger partial charge in [0.15, 0.2) is 0 Å². The second-order valence-corrected chi connectivity index (χ2v) is 1.02. The van der Waals surface area contributed by atoms with Crippen molar-refractivity contribution in [2.75, 3.05) is 0 Å². The van der Waals surface area contributed by atoms with Crippen LogP contribution in [0.3, 0.4) is 0 Å². The average molecular weight is 87.1 g/mol. The van der Waals surface area contributed by atoms with Crippen molar-refractivity contribution in [1.82, 2.24) is 0 Å². The van der Waals surface area contributed by atoms with Crippen LogP contribution in [0.15, 0.2) is 11.8 Å². The fourth-order valence-electron chi connectivity index (χ4n) is 0.0680. The Morgan fingerprint density at radius 3 is 2.33 bits per heavy atom. The molecule has 0 aromatic heterocycles. The van der Waals surface area contributed by atoms with Crippen LogP contribution in [0, 0.1) is 0 Å². The lowest BCUT2D eigenvalue weighted by Gasteiger charge is -1.90. The van der Waals surface area contributed by atoms with Crippen LogP contribution in [0.4, 0.5) is 0 Å². The lowest BCUT2D eigenvalue weighted by molar-refractivity contribution is 0.222. The largest absolute Gasteiger partial charge is 0.417 e. The Morgan fingerprint density at radius 2 is 2.33 bits per heavy atom. The topological polar surface area (TPSA) is 35.2 Å². The van der Waals surface area contributed by atoms with Gasteiger partial charge in [-0.1, -0.05) is 0 Å². The molecule has 0 saturated carbocycles. The first kappa shape index (κ1) is 5.50. The Balaban J connectivity index is 3.22. The van der Waals surface area contributed by atoms with Crippen molar-refractivity contribution in [1.29, 1.82) is 0 Å². The molecule has 36 valence electrons. The number of allylic oxidation sites excluding steroid dienone is 2. The van der Waals surface area contributed by atoms with Gasteiger partial charge in [0.1, 0.15) is 5.76 Å². The summed E-state index contributed by atoms with van der Waals surface area (Å²) < 4.78 is 0. The van der Waals surface area contributed by atoms with Gasteiger partial charge in [-0.2, -0.15) is 5.90 Å². The molecule has 0 heterocycles. The van der Waals surface area contributed by atoms with E-state index in [9.17, 15) is 0 Å². The molecule has 0 radical (unpaired) electrons. The Bertz CT molecular complexity index is 58.6. The molecular weight excluding hydrogens is 78.0 g/mol. The van der Waals surface area contributed by atoms with E-state index in [1.807, 2.05) is 6.92 Å². The molecule has 2 heteroatoms. The van der Waals surface area contributed by atoms with Crippen molar-refractivity contribution in [3.63, 3.8) is 0 Å². The van der Waals surface area contributed by atoms with Gasteiger partial charge < -0.3 is 4.84 Å². The molecule has 0 unspecified atom stereocenters. The smallest absolute Gasteiger partial charge is 0.116 e. The molecule has 2 N–H and O–H groups in total. The summed E-state index contributed by atoms with van der Waals surface area (Å²) in [6.45, 7) is 3.65. The van der Waals surface area contributed by atoms with Gasteiger partial charge in [-0.3, -0.25) is 0 Å². The Kier molecular flexibility index (Phi) is 2.50. The van der Waals surface area contributed by atoms with Gasteiger partial charge in [0.2, 0.25) is 0 Å². The number of nitrogens with two attached hydrogens (primary N) is 1. The zero-order valence-corrected chi connectivity index (χ0v) is 4.06. The third-order valence-corrected chi connectivity index (χ3v) is 0.592. The summed E-state index contributed by atoms with van der Waals surface area (Å²) in [5, 5.41) is 0. The van der Waals surface area contributed by atoms with E-state index in [0.29, 0.717) is 0 Å². The Morgan fingerprint density at radius 1 is 1.83 bits per heavy atom. The molecule has 0 aromatic rings. The minimum absolute atomic E-state index is 0.745. The first-order valence-electron chi connectivity index (χ1n) is 1.81. The highest BCUT2D eigenvalue weighted by Crippen LogP contribution is 1.84. The molecule has 0 amide bonds. The second-order valence-electron chi connectivity index (χ2n) is 1.02. The summed E-state index contributed by atoms with van der Waals surface area (Å²) in [6, 6.07) is 0. The van der Waals surface area contributed by atoms with Crippen molar-refractivity contribution in [3.8, 4) is 0 Å². The van der Waals surface area contributed by atoms with Crippen molar-refractivity contribution in [3.05, 3.63) is 11.8 Å². The van der Waals surface area contributed by atoms with Gasteiger partial charge >= 0.3 is 0 Å². The molecule has 0 rings (SSSR count). The van der Waals surface area contributed by atoms with Crippen LogP contribution >= 0.6 is 0 Å². The van der Waals surface area contributed by atoms with E-state index in [0.717, 1.165) is 5.76 Å². The quantitative estimate of drug-likeness (QED) is 0.379. The fraction of sp³-hybridized carbons (Fsp3) is 0.500. The van der Waals surface area contributed by atoms with Crippen LogP contribution in [0.2, 0.25) is 0 Å². The lowest BCUT2D eigenvalue weighted by Crippen LogP contribution is -1.93. The molecule has 0 aromatic carbocycles. The summed E-state index contributed by atoms with van der Waals surface area (Å²) in [6.07, 6.45) is 1.79. The van der Waals surface area contributed by atoms with Gasteiger partial charge in [-0.25, -0.2) is 0 Å². The SMILES string of the molecule is C/C=C(/C)ON. The van der Waals surface area contributed by atoms with E-state index in [1.165, 1.54) is 0 Å². The molecule has 0 spiro atoms. The maximum Gasteiger partial charge on any atom is 0.116 e. The third-order valence-electron chi connectivity index (χ3n) is 0.592. The molecule has 0 aliphatic heterocycles. The van der Waals surface area contributed by atoms with Crippen LogP contribution in [0.25, 0.3) is 0 Å². The van der Waals surface area contributed by atoms with E-state index in [-0.39, 0.29) is 0 Å². The van der Waals surface area contributed by atoms with Gasteiger partial charge in [-0.15, -0.1) is 0 Å². The van der Waals surface area contributed by atoms with Crippen LogP contribution < -0.4 is 5.90 Å². The molecule has 0 aliphatic carbocycles. The van der Waals surface area contributed by atoms with E-state index < -0.39 is 0 Å². The zero-order chi connectivity index (χ0) is 4.99. The first-order valence-corrected chi connectivity index (χ1v) is 1.81. The molecule has 0 aliphatic rings. The minimum atomic E-state index is 0.745. The maximum absolute atomic E-state index is 4.71. The summed E-state index contributed by atoms with van der Waals surface area (Å²) in [7, 11) is 0. The molecular formula is C4H9NO. The molecule has 6 heavy (non-hydrogen) atoms. The van der Waals surface area contributed by atoms with E-state index >= 15 is 0 Å². The zero-order valence-electron chi connectivity index (χ0n) is 4.06. The highest BCUT2D eigenvalue weighted by Gasteiger charge is 1.73. The van der Waals surface area contributed by atoms with Gasteiger partial charge in [-0.05, 0) is 19.9 Å². The van der Waals surface area contributed by atoms with Crippen molar-refractivity contribution < 1.29 is 4.84 Å². The molecule has 2 nitrogen and oxygen atoms in total. The highest BCUT2D eigenvalue weighted by atomic mass is 16.6. The van der Waals surface area contributed by atoms with E-state index in [4.69, 9.17) is 5.90 Å². The second kappa shape index (κ2) is 2.72. The number of rotatable bonds is 1. The van der Waals surface area contributed by atoms with Crippen LogP contribution in [-0.2, 0) is 4.84 Å². The number of hydrogen-bond donors (Lipinski definition) is 1. The third kappa shape index (κ3) is 1.79. The average Bonchev–Trinajstić information content (AvgIpc) is 1.65. The molecule has 0 atom stereocenters. The Hall–Kier alpha value is -0.500. The van der Waals surface area contributed by atoms with Crippen molar-refractivity contribution >= 4 is 0 Å². The van der Waals surface area contributed by atoms with Gasteiger partial charge in [0.25, 0.3) is 0 Å². The lowest BCUT2D eigenvalue weighted by atomic mass is 10.5. The fourth-order valence-corrected chi connectivity index (χ4v) is 0.0680. The van der Waals surface area contributed by atoms with E-state index in [1.54, 1.807) is 13.0 Å². The standard InChI is InChI=1S/C4H9NO/c1-3-4(2)6-5/h3H,5H2,1-2H3/b4-3-. The monoisotopic (exact) mass is 87.1 g/mol. The highest BCUT2D eigenvalue weighted by molar-refractivity contribution is 4.82. The summed E-state index contributed by atoms with van der Waals surface area (Å²) >= 11 is 0. The van der Waals surface area contributed by atoms with Crippen LogP contribution in [0.1, 0.15) is 13.8 Å². The van der Waals surface area contributed by atoms with Crippen molar-refractivity contribution in [2.45, 2.75) is 13.8 Å². The van der Waals surface area contributed by atoms with Crippen LogP contribution in [-0.4, -0.2) is 0 Å². The summed E-state index contributed by atoms with van der Waals surface area (Å²) in [5.41, 5.74) is 0. The minimum Gasteiger partial charge on any atom is -0.417 e. The van der Waals surface area contributed by atoms with Crippen molar-refractivity contribution in [2.24, 2.45) is 5.90 Å². The molecule has 0 bridgehead atoms. The molecule has 0 fully saturated rings. The number of hydrogen-bond acceptors (Lipinski definition) is 2. The normalized spacial score (nSPS) is 11.5. The van der Waals surface area contributed by atoms with E-state index in [2.05, 4.69) is 4.84 Å². The van der Waals surface area contributed by atoms with Gasteiger partial charge in [0, 0.05) is 0 Å². The predicted octanol–water partition coefficient (Wildman–Crippen LogP) is 0.800. The summed E-state index contributed by atoms with van der Waals surface area (Å²) in [4.78, 5) is 4.26. The predicted molar refractivity (Wildman–Crippen MR) is 24.7 cm³/mol. The molecule has 0 saturated heterocycles. The maximum atomic E-state index is 4.71. The first-order chi connectivity index (χ1) is 2.81.